The van der Waals surface area contributed by atoms with Gasteiger partial charge in [0.15, 0.2) is 16.8 Å². The van der Waals surface area contributed by atoms with Crippen molar-refractivity contribution in [3.63, 3.8) is 0 Å². The van der Waals surface area contributed by atoms with Crippen molar-refractivity contribution < 1.29 is 23.2 Å². The highest BCUT2D eigenvalue weighted by Crippen LogP contribution is 2.27. The van der Waals surface area contributed by atoms with Gasteiger partial charge in [0, 0.05) is 23.6 Å². The Morgan fingerprint density at radius 2 is 1.79 bits per heavy atom. The number of nitrogens with one attached hydrogen (secondary N) is 1. The summed E-state index contributed by atoms with van der Waals surface area (Å²) in [6.07, 6.45) is 0. The predicted molar refractivity (Wildman–Crippen MR) is 98.3 cm³/mol. The van der Waals surface area contributed by atoms with Crippen molar-refractivity contribution in [2.45, 2.75) is 0 Å². The van der Waals surface area contributed by atoms with Gasteiger partial charge >= 0.3 is 0 Å². The number of rotatable bonds is 3. The van der Waals surface area contributed by atoms with E-state index in [1.165, 1.54) is 31.3 Å². The fraction of sp³-hybridized carbons (Fsp3) is 0.0526. The molecule has 4 rings (SSSR count). The average Bonchev–Trinajstić information content (AvgIpc) is 3.23. The van der Waals surface area contributed by atoms with Crippen LogP contribution in [0.5, 0.6) is 0 Å². The van der Waals surface area contributed by atoms with Gasteiger partial charge in [-0.2, -0.15) is 0 Å². The van der Waals surface area contributed by atoms with E-state index in [4.69, 9.17) is 0 Å². The molecule has 9 heteroatoms. The molecule has 0 saturated carbocycles. The first kappa shape index (κ1) is 17.9. The van der Waals surface area contributed by atoms with Gasteiger partial charge in [-0.05, 0) is 36.4 Å². The van der Waals surface area contributed by atoms with Crippen molar-refractivity contribution >= 4 is 34.2 Å². The van der Waals surface area contributed by atoms with Crippen molar-refractivity contribution in [3.05, 3.63) is 70.1 Å². The third-order valence-electron chi connectivity index (χ3n) is 4.29. The van der Waals surface area contributed by atoms with Crippen molar-refractivity contribution in [2.24, 2.45) is 0 Å². The Balaban J connectivity index is 1.55. The second-order valence-corrected chi connectivity index (χ2v) is 6.91. The Labute approximate surface area is 161 Å². The van der Waals surface area contributed by atoms with Crippen LogP contribution >= 0.6 is 11.3 Å². The van der Waals surface area contributed by atoms with Gasteiger partial charge in [0.1, 0.15) is 0 Å². The molecule has 0 atom stereocenters. The highest BCUT2D eigenvalue weighted by molar-refractivity contribution is 7.14. The monoisotopic (exact) mass is 399 g/mol. The summed E-state index contributed by atoms with van der Waals surface area (Å²) in [4.78, 5) is 41.6. The van der Waals surface area contributed by atoms with Gasteiger partial charge in [-0.1, -0.05) is 0 Å². The number of amides is 3. The Morgan fingerprint density at radius 3 is 2.54 bits per heavy atom. The van der Waals surface area contributed by atoms with Gasteiger partial charge in [-0.15, -0.1) is 11.3 Å². The molecular weight excluding hydrogens is 388 g/mol. The van der Waals surface area contributed by atoms with Crippen LogP contribution in [-0.4, -0.2) is 34.7 Å². The van der Waals surface area contributed by atoms with E-state index in [9.17, 15) is 23.2 Å². The van der Waals surface area contributed by atoms with Crippen molar-refractivity contribution in [2.75, 3.05) is 12.4 Å². The number of fused-ring (bicyclic) bond motifs is 1. The molecule has 0 fully saturated rings. The summed E-state index contributed by atoms with van der Waals surface area (Å²) < 4.78 is 26.4. The lowest BCUT2D eigenvalue weighted by atomic mass is 10.1. The number of hydrogen-bond donors (Lipinski definition) is 1. The molecule has 0 bridgehead atoms. The quantitative estimate of drug-likeness (QED) is 0.683. The molecule has 1 N–H and O–H groups in total. The summed E-state index contributed by atoms with van der Waals surface area (Å²) in [6, 6.07) is 7.65. The van der Waals surface area contributed by atoms with Gasteiger partial charge < -0.3 is 0 Å². The van der Waals surface area contributed by atoms with E-state index in [1.54, 1.807) is 5.38 Å². The Kier molecular flexibility index (Phi) is 4.23. The van der Waals surface area contributed by atoms with E-state index in [0.717, 1.165) is 28.4 Å². The van der Waals surface area contributed by atoms with Crippen molar-refractivity contribution in [1.29, 1.82) is 0 Å². The SMILES string of the molecule is CN1C(=O)c2ccc(C(=O)Nc3nc(-c4ccc(F)c(F)c4)cs3)cc2C1=O. The van der Waals surface area contributed by atoms with Crippen LogP contribution in [0, 0.1) is 11.6 Å². The number of carbonyl (C=O) groups excluding carboxylic acids is 3. The highest BCUT2D eigenvalue weighted by atomic mass is 32.1. The minimum absolute atomic E-state index is 0.168. The lowest BCUT2D eigenvalue weighted by Gasteiger charge is -2.03. The number of thiazole rings is 1. The normalized spacial score (nSPS) is 13.0. The molecule has 3 aromatic rings. The van der Waals surface area contributed by atoms with Crippen LogP contribution in [0.2, 0.25) is 0 Å². The first-order valence-corrected chi connectivity index (χ1v) is 8.92. The Morgan fingerprint density at radius 1 is 1.04 bits per heavy atom. The lowest BCUT2D eigenvalue weighted by Crippen LogP contribution is -2.24. The summed E-state index contributed by atoms with van der Waals surface area (Å²) in [5.74, 6) is -3.34. The lowest BCUT2D eigenvalue weighted by molar-refractivity contribution is 0.0693. The molecule has 0 unspecified atom stereocenters. The van der Waals surface area contributed by atoms with E-state index in [2.05, 4.69) is 10.3 Å². The first-order chi connectivity index (χ1) is 13.3. The van der Waals surface area contributed by atoms with E-state index in [-0.39, 0.29) is 21.8 Å². The smallest absolute Gasteiger partial charge is 0.261 e. The Bertz CT molecular complexity index is 1160. The summed E-state index contributed by atoms with van der Waals surface area (Å²) in [5.41, 5.74) is 1.37. The summed E-state index contributed by atoms with van der Waals surface area (Å²) in [7, 11) is 1.37. The number of aromatic nitrogens is 1. The number of carbonyl (C=O) groups is 3. The van der Waals surface area contributed by atoms with Crippen LogP contribution in [0.3, 0.4) is 0 Å². The third-order valence-corrected chi connectivity index (χ3v) is 5.05. The molecule has 1 aliphatic heterocycles. The molecule has 2 heterocycles. The number of hydrogen-bond acceptors (Lipinski definition) is 5. The molecule has 0 aliphatic carbocycles. The van der Waals surface area contributed by atoms with Crippen LogP contribution in [0.15, 0.2) is 41.8 Å². The van der Waals surface area contributed by atoms with Gasteiger partial charge in [-0.25, -0.2) is 13.8 Å². The Hall–Kier alpha value is -3.46. The molecule has 1 aliphatic rings. The van der Waals surface area contributed by atoms with Crippen LogP contribution < -0.4 is 5.32 Å². The minimum Gasteiger partial charge on any atom is -0.298 e. The highest BCUT2D eigenvalue weighted by Gasteiger charge is 2.33. The summed E-state index contributed by atoms with van der Waals surface area (Å²) in [5, 5.41) is 4.45. The third kappa shape index (κ3) is 2.95. The van der Waals surface area contributed by atoms with Crippen molar-refractivity contribution in [1.82, 2.24) is 9.88 Å². The molecule has 0 saturated heterocycles. The average molecular weight is 399 g/mol. The zero-order chi connectivity index (χ0) is 20.0. The van der Waals surface area contributed by atoms with Gasteiger partial charge in [0.05, 0.1) is 16.8 Å². The molecule has 3 amide bonds. The molecule has 6 nitrogen and oxygen atoms in total. The molecular formula is C19H11F2N3O3S. The standard InChI is InChI=1S/C19H11F2N3O3S/c1-24-17(26)11-4-2-10(6-12(11)18(24)27)16(25)23-19-22-15(8-28-19)9-3-5-13(20)14(21)7-9/h2-8H,1H3,(H,22,23,25). The summed E-state index contributed by atoms with van der Waals surface area (Å²) >= 11 is 1.12. The molecule has 2 aromatic carbocycles. The van der Waals surface area contributed by atoms with Crippen LogP contribution in [0.4, 0.5) is 13.9 Å². The molecule has 140 valence electrons. The fourth-order valence-corrected chi connectivity index (χ4v) is 3.51. The minimum atomic E-state index is -0.988. The van der Waals surface area contributed by atoms with Crippen LogP contribution in [0.25, 0.3) is 11.3 Å². The molecule has 0 radical (unpaired) electrons. The van der Waals surface area contributed by atoms with Crippen LogP contribution in [-0.2, 0) is 0 Å². The second kappa shape index (κ2) is 6.61. The van der Waals surface area contributed by atoms with Gasteiger partial charge in [0.25, 0.3) is 17.7 Å². The fourth-order valence-electron chi connectivity index (χ4n) is 2.79. The maximum atomic E-state index is 13.4. The number of nitrogens with zero attached hydrogens (tertiary/aromatic N) is 2. The van der Waals surface area contributed by atoms with E-state index in [0.29, 0.717) is 11.3 Å². The second-order valence-electron chi connectivity index (χ2n) is 6.05. The first-order valence-electron chi connectivity index (χ1n) is 8.04. The zero-order valence-electron chi connectivity index (χ0n) is 14.3. The zero-order valence-corrected chi connectivity index (χ0v) is 15.1. The van der Waals surface area contributed by atoms with E-state index >= 15 is 0 Å². The number of halogens is 2. The number of imide groups is 1. The molecule has 1 aromatic heterocycles. The maximum absolute atomic E-state index is 13.4. The number of benzene rings is 2. The van der Waals surface area contributed by atoms with E-state index < -0.39 is 29.4 Å². The van der Waals surface area contributed by atoms with Crippen molar-refractivity contribution in [3.8, 4) is 11.3 Å². The van der Waals surface area contributed by atoms with E-state index in [1.807, 2.05) is 0 Å². The van der Waals surface area contributed by atoms with Crippen LogP contribution in [0.1, 0.15) is 31.1 Å². The molecule has 28 heavy (non-hydrogen) atoms. The largest absolute Gasteiger partial charge is 0.298 e. The summed E-state index contributed by atoms with van der Waals surface area (Å²) in [6.45, 7) is 0. The molecule has 0 spiro atoms. The maximum Gasteiger partial charge on any atom is 0.261 e. The topological polar surface area (TPSA) is 79.4 Å². The van der Waals surface area contributed by atoms with Gasteiger partial charge in [-0.3, -0.25) is 24.6 Å². The predicted octanol–water partition coefficient (Wildman–Crippen LogP) is 3.57. The van der Waals surface area contributed by atoms with Gasteiger partial charge in [0.2, 0.25) is 0 Å². The number of anilines is 1.